The van der Waals surface area contributed by atoms with Crippen LogP contribution >= 0.6 is 12.6 Å². The van der Waals surface area contributed by atoms with Crippen molar-refractivity contribution in [2.45, 2.75) is 25.8 Å². The zero-order valence-corrected chi connectivity index (χ0v) is 11.4. The minimum atomic E-state index is -0.257. The predicted molar refractivity (Wildman–Crippen MR) is 73.0 cm³/mol. The number of amides is 1. The summed E-state index contributed by atoms with van der Waals surface area (Å²) in [6, 6.07) is 6.57. The monoisotopic (exact) mass is 267 g/mol. The van der Waals surface area contributed by atoms with Crippen LogP contribution in [-0.2, 0) is 11.3 Å². The third-order valence-electron chi connectivity index (χ3n) is 3.61. The summed E-state index contributed by atoms with van der Waals surface area (Å²) >= 11 is 4.29. The lowest BCUT2D eigenvalue weighted by Gasteiger charge is -2.20. The Bertz CT molecular complexity index is 445. The molecule has 18 heavy (non-hydrogen) atoms. The van der Waals surface area contributed by atoms with Crippen LogP contribution in [0.2, 0.25) is 0 Å². The largest absolute Gasteiger partial charge is 0.341 e. The molecule has 0 bridgehead atoms. The van der Waals surface area contributed by atoms with Crippen molar-refractivity contribution >= 4 is 18.5 Å². The molecule has 1 amide bonds. The number of rotatable bonds is 5. The summed E-state index contributed by atoms with van der Waals surface area (Å²) < 4.78 is 13.5. The van der Waals surface area contributed by atoms with Gasteiger partial charge < -0.3 is 4.90 Å². The van der Waals surface area contributed by atoms with Gasteiger partial charge in [-0.05, 0) is 30.1 Å². The molecule has 0 aliphatic heterocycles. The molecule has 0 heterocycles. The average Bonchev–Trinajstić information content (AvgIpc) is 3.12. The van der Waals surface area contributed by atoms with E-state index >= 15 is 0 Å². The van der Waals surface area contributed by atoms with Crippen molar-refractivity contribution in [1.29, 1.82) is 0 Å². The van der Waals surface area contributed by atoms with Crippen LogP contribution in [-0.4, -0.2) is 23.6 Å². The minimum absolute atomic E-state index is 0.0739. The van der Waals surface area contributed by atoms with E-state index in [1.54, 1.807) is 30.1 Å². The Morgan fingerprint density at radius 1 is 1.44 bits per heavy atom. The molecule has 1 aliphatic carbocycles. The van der Waals surface area contributed by atoms with E-state index in [4.69, 9.17) is 0 Å². The van der Waals surface area contributed by atoms with Gasteiger partial charge >= 0.3 is 0 Å². The molecule has 2 rings (SSSR count). The van der Waals surface area contributed by atoms with Crippen molar-refractivity contribution in [1.82, 2.24) is 4.90 Å². The Morgan fingerprint density at radius 3 is 2.67 bits per heavy atom. The minimum Gasteiger partial charge on any atom is -0.341 e. The van der Waals surface area contributed by atoms with E-state index < -0.39 is 0 Å². The van der Waals surface area contributed by atoms with Gasteiger partial charge in [0.25, 0.3) is 0 Å². The zero-order chi connectivity index (χ0) is 13.2. The van der Waals surface area contributed by atoms with Crippen LogP contribution in [0.4, 0.5) is 4.39 Å². The summed E-state index contributed by atoms with van der Waals surface area (Å²) in [6.45, 7) is 0.328. The molecule has 0 N–H and O–H groups in total. The van der Waals surface area contributed by atoms with Gasteiger partial charge in [-0.25, -0.2) is 4.39 Å². The van der Waals surface area contributed by atoms with Crippen molar-refractivity contribution in [3.05, 3.63) is 35.6 Å². The second-order valence-corrected chi connectivity index (χ2v) is 5.49. The van der Waals surface area contributed by atoms with Crippen LogP contribution in [0, 0.1) is 11.2 Å². The maximum absolute atomic E-state index is 13.5. The SMILES string of the molecule is CN(Cc1ccccc1F)C(=O)CC1(CS)CC1. The van der Waals surface area contributed by atoms with E-state index in [2.05, 4.69) is 12.6 Å². The van der Waals surface area contributed by atoms with E-state index in [1.807, 2.05) is 0 Å². The normalized spacial score (nSPS) is 16.4. The molecule has 0 saturated heterocycles. The highest BCUT2D eigenvalue weighted by Gasteiger charge is 2.43. The molecule has 0 spiro atoms. The third-order valence-corrected chi connectivity index (χ3v) is 4.28. The fraction of sp³-hybridized carbons (Fsp3) is 0.500. The van der Waals surface area contributed by atoms with E-state index in [0.717, 1.165) is 18.6 Å². The van der Waals surface area contributed by atoms with Crippen molar-refractivity contribution in [2.24, 2.45) is 5.41 Å². The molecule has 0 unspecified atom stereocenters. The van der Waals surface area contributed by atoms with Gasteiger partial charge in [0.2, 0.25) is 5.91 Å². The summed E-state index contributed by atoms with van der Waals surface area (Å²) in [5.74, 6) is 0.573. The topological polar surface area (TPSA) is 20.3 Å². The van der Waals surface area contributed by atoms with Crippen LogP contribution in [0.5, 0.6) is 0 Å². The molecular formula is C14H18FNOS. The predicted octanol–water partition coefficient (Wildman–Crippen LogP) is 2.88. The van der Waals surface area contributed by atoms with Crippen molar-refractivity contribution in [2.75, 3.05) is 12.8 Å². The Morgan fingerprint density at radius 2 is 2.11 bits per heavy atom. The Balaban J connectivity index is 1.94. The zero-order valence-electron chi connectivity index (χ0n) is 10.5. The van der Waals surface area contributed by atoms with Gasteiger partial charge in [-0.1, -0.05) is 18.2 Å². The second kappa shape index (κ2) is 5.31. The number of halogens is 1. The Kier molecular flexibility index (Phi) is 3.95. The molecule has 1 aromatic rings. The fourth-order valence-electron chi connectivity index (χ4n) is 1.99. The summed E-state index contributed by atoms with van der Waals surface area (Å²) in [7, 11) is 1.73. The van der Waals surface area contributed by atoms with Crippen LogP contribution in [0.3, 0.4) is 0 Å². The molecule has 1 saturated carbocycles. The molecule has 2 nitrogen and oxygen atoms in total. The van der Waals surface area contributed by atoms with Gasteiger partial charge in [0, 0.05) is 25.6 Å². The van der Waals surface area contributed by atoms with Crippen molar-refractivity contribution < 1.29 is 9.18 Å². The maximum Gasteiger partial charge on any atom is 0.223 e. The first kappa shape index (κ1) is 13.4. The standard InChI is InChI=1S/C14H18FNOS/c1-16(9-11-4-2-3-5-12(11)15)13(17)8-14(10-18)6-7-14/h2-5,18H,6-10H2,1H3. The van der Waals surface area contributed by atoms with E-state index in [1.165, 1.54) is 6.07 Å². The lowest BCUT2D eigenvalue weighted by molar-refractivity contribution is -0.131. The Labute approximate surface area is 113 Å². The lowest BCUT2D eigenvalue weighted by Crippen LogP contribution is -2.29. The second-order valence-electron chi connectivity index (χ2n) is 5.18. The molecule has 1 fully saturated rings. The van der Waals surface area contributed by atoms with E-state index in [-0.39, 0.29) is 17.1 Å². The van der Waals surface area contributed by atoms with Crippen LogP contribution in [0.25, 0.3) is 0 Å². The first-order valence-electron chi connectivity index (χ1n) is 6.15. The first-order chi connectivity index (χ1) is 8.56. The molecule has 0 atom stereocenters. The molecule has 1 aliphatic rings. The van der Waals surface area contributed by atoms with Crippen LogP contribution in [0.1, 0.15) is 24.8 Å². The fourth-order valence-corrected chi connectivity index (χ4v) is 2.42. The highest BCUT2D eigenvalue weighted by molar-refractivity contribution is 7.80. The highest BCUT2D eigenvalue weighted by atomic mass is 32.1. The summed E-state index contributed by atoms with van der Waals surface area (Å²) in [4.78, 5) is 13.6. The molecule has 98 valence electrons. The third kappa shape index (κ3) is 3.05. The molecule has 4 heteroatoms. The van der Waals surface area contributed by atoms with Crippen LogP contribution in [0.15, 0.2) is 24.3 Å². The maximum atomic E-state index is 13.5. The quantitative estimate of drug-likeness (QED) is 0.813. The molecular weight excluding hydrogens is 249 g/mol. The Hall–Kier alpha value is -1.03. The lowest BCUT2D eigenvalue weighted by atomic mass is 10.0. The number of hydrogen-bond acceptors (Lipinski definition) is 2. The number of carbonyl (C=O) groups is 1. The number of hydrogen-bond donors (Lipinski definition) is 1. The number of benzene rings is 1. The van der Waals surface area contributed by atoms with Crippen molar-refractivity contribution in [3.8, 4) is 0 Å². The van der Waals surface area contributed by atoms with Crippen LogP contribution < -0.4 is 0 Å². The van der Waals surface area contributed by atoms with Gasteiger partial charge in [-0.3, -0.25) is 4.79 Å². The molecule has 1 aromatic carbocycles. The van der Waals surface area contributed by atoms with Gasteiger partial charge in [0.05, 0.1) is 0 Å². The summed E-state index contributed by atoms with van der Waals surface area (Å²) in [5.41, 5.74) is 0.674. The summed E-state index contributed by atoms with van der Waals surface area (Å²) in [6.07, 6.45) is 2.69. The van der Waals surface area contributed by atoms with Gasteiger partial charge in [0.15, 0.2) is 0 Å². The van der Waals surface area contributed by atoms with Crippen molar-refractivity contribution in [3.63, 3.8) is 0 Å². The van der Waals surface area contributed by atoms with Gasteiger partial charge in [-0.2, -0.15) is 12.6 Å². The molecule has 0 aromatic heterocycles. The van der Waals surface area contributed by atoms with Gasteiger partial charge in [0.1, 0.15) is 5.82 Å². The first-order valence-corrected chi connectivity index (χ1v) is 6.78. The summed E-state index contributed by atoms with van der Waals surface area (Å²) in [5, 5.41) is 0. The highest BCUT2D eigenvalue weighted by Crippen LogP contribution is 2.49. The van der Waals surface area contributed by atoms with E-state index in [0.29, 0.717) is 18.5 Å². The molecule has 0 radical (unpaired) electrons. The number of nitrogens with zero attached hydrogens (tertiary/aromatic N) is 1. The number of carbonyl (C=O) groups excluding carboxylic acids is 1. The smallest absolute Gasteiger partial charge is 0.223 e. The average molecular weight is 267 g/mol. The van der Waals surface area contributed by atoms with E-state index in [9.17, 15) is 9.18 Å². The number of thiol groups is 1. The van der Waals surface area contributed by atoms with Gasteiger partial charge in [-0.15, -0.1) is 0 Å².